The fourth-order valence-corrected chi connectivity index (χ4v) is 2.99. The third-order valence-electron chi connectivity index (χ3n) is 4.19. The molecule has 1 aromatic carbocycles. The van der Waals surface area contributed by atoms with E-state index in [0.29, 0.717) is 38.6 Å². The summed E-state index contributed by atoms with van der Waals surface area (Å²) in [5.74, 6) is 0.704. The Morgan fingerprint density at radius 2 is 1.96 bits per heavy atom. The van der Waals surface area contributed by atoms with Crippen molar-refractivity contribution in [3.05, 3.63) is 53.3 Å². The van der Waals surface area contributed by atoms with Gasteiger partial charge in [-0.1, -0.05) is 30.3 Å². The molecule has 1 aliphatic rings. The molecule has 2 heterocycles. The van der Waals surface area contributed by atoms with E-state index in [0.717, 1.165) is 17.0 Å². The second-order valence-corrected chi connectivity index (χ2v) is 6.26. The first kappa shape index (κ1) is 17.4. The van der Waals surface area contributed by atoms with Gasteiger partial charge in [-0.3, -0.25) is 4.79 Å². The zero-order chi connectivity index (χ0) is 17.6. The topological polar surface area (TPSA) is 67.4 Å². The molecule has 1 aromatic heterocycles. The van der Waals surface area contributed by atoms with E-state index in [1.54, 1.807) is 0 Å². The largest absolute Gasteiger partial charge is 0.370 e. The van der Waals surface area contributed by atoms with Gasteiger partial charge >= 0.3 is 0 Å². The number of rotatable bonds is 5. The molecule has 2 aromatic rings. The van der Waals surface area contributed by atoms with Gasteiger partial charge < -0.3 is 15.0 Å². The van der Waals surface area contributed by atoms with Crippen LogP contribution in [0.5, 0.6) is 0 Å². The summed E-state index contributed by atoms with van der Waals surface area (Å²) in [6, 6.07) is 12.0. The summed E-state index contributed by atoms with van der Waals surface area (Å²) in [5.41, 5.74) is 2.95. The normalized spacial score (nSPS) is 17.4. The average Bonchev–Trinajstić information content (AvgIpc) is 2.62. The van der Waals surface area contributed by atoms with E-state index in [-0.39, 0.29) is 12.0 Å². The molecule has 25 heavy (non-hydrogen) atoms. The van der Waals surface area contributed by atoms with Crippen molar-refractivity contribution >= 4 is 11.9 Å². The van der Waals surface area contributed by atoms with Crippen molar-refractivity contribution in [1.29, 1.82) is 0 Å². The number of benzene rings is 1. The Kier molecular flexibility index (Phi) is 5.60. The van der Waals surface area contributed by atoms with Crippen LogP contribution in [0.1, 0.15) is 29.5 Å². The van der Waals surface area contributed by atoms with Crippen LogP contribution in [0.15, 0.2) is 36.4 Å². The van der Waals surface area contributed by atoms with Crippen LogP contribution in [0.4, 0.5) is 5.95 Å². The number of nitrogens with zero attached hydrogens (tertiary/aromatic N) is 3. The molecule has 1 aliphatic heterocycles. The molecule has 132 valence electrons. The molecule has 1 amide bonds. The van der Waals surface area contributed by atoms with E-state index < -0.39 is 0 Å². The molecule has 1 saturated heterocycles. The molecule has 0 spiro atoms. The molecule has 3 rings (SSSR count). The summed E-state index contributed by atoms with van der Waals surface area (Å²) in [5, 5.41) is 3.14. The predicted molar refractivity (Wildman–Crippen MR) is 96.3 cm³/mol. The summed E-state index contributed by atoms with van der Waals surface area (Å²) in [6.07, 6.45) is 0.368. The van der Waals surface area contributed by atoms with Crippen LogP contribution in [0.25, 0.3) is 0 Å². The first-order valence-electron chi connectivity index (χ1n) is 8.62. The molecule has 0 saturated carbocycles. The molecule has 0 unspecified atom stereocenters. The first-order valence-corrected chi connectivity index (χ1v) is 8.62. The van der Waals surface area contributed by atoms with Gasteiger partial charge in [0.25, 0.3) is 0 Å². The lowest BCUT2D eigenvalue weighted by Gasteiger charge is -2.33. The lowest BCUT2D eigenvalue weighted by molar-refractivity contribution is -0.138. The molecule has 0 aliphatic carbocycles. The van der Waals surface area contributed by atoms with Gasteiger partial charge in [0.05, 0.1) is 13.2 Å². The van der Waals surface area contributed by atoms with Gasteiger partial charge in [-0.25, -0.2) is 9.97 Å². The molecule has 0 bridgehead atoms. The first-order chi connectivity index (χ1) is 12.1. The van der Waals surface area contributed by atoms with Crippen molar-refractivity contribution in [2.45, 2.75) is 26.4 Å². The number of nitrogens with one attached hydrogen (secondary N) is 1. The number of anilines is 1. The average molecular weight is 340 g/mol. The van der Waals surface area contributed by atoms with Gasteiger partial charge in [0.2, 0.25) is 11.9 Å². The van der Waals surface area contributed by atoms with E-state index in [9.17, 15) is 4.79 Å². The van der Waals surface area contributed by atoms with Gasteiger partial charge in [-0.15, -0.1) is 0 Å². The molecule has 6 heteroatoms. The summed E-state index contributed by atoms with van der Waals surface area (Å²) in [4.78, 5) is 23.0. The third kappa shape index (κ3) is 4.76. The lowest BCUT2D eigenvalue weighted by atomic mass is 10.1. The Labute approximate surface area is 148 Å². The van der Waals surface area contributed by atoms with Gasteiger partial charge in [0.1, 0.15) is 6.10 Å². The molecule has 1 N–H and O–H groups in total. The Morgan fingerprint density at radius 1 is 1.24 bits per heavy atom. The second kappa shape index (κ2) is 8.07. The second-order valence-electron chi connectivity index (χ2n) is 6.26. The number of carbonyl (C=O) groups is 1. The lowest BCUT2D eigenvalue weighted by Crippen LogP contribution is -2.42. The minimum atomic E-state index is -0.0467. The number of amides is 1. The van der Waals surface area contributed by atoms with Crippen LogP contribution >= 0.6 is 0 Å². The standard InChI is InChI=1S/C19H24N4O2/c1-14-12-15(2)22-19(21-14)20-9-8-18(24)23-10-11-25-17(13-23)16-6-4-3-5-7-16/h3-7,12,17H,8-11,13H2,1-2H3,(H,20,21,22)/t17-/m1/s1. The van der Waals surface area contributed by atoms with Crippen molar-refractivity contribution < 1.29 is 9.53 Å². The highest BCUT2D eigenvalue weighted by atomic mass is 16.5. The van der Waals surface area contributed by atoms with E-state index in [1.807, 2.05) is 55.1 Å². The van der Waals surface area contributed by atoms with Crippen LogP contribution in [0.3, 0.4) is 0 Å². The number of morpholine rings is 1. The quantitative estimate of drug-likeness (QED) is 0.906. The molecule has 0 radical (unpaired) electrons. The highest BCUT2D eigenvalue weighted by Crippen LogP contribution is 2.22. The van der Waals surface area contributed by atoms with Gasteiger partial charge in [0.15, 0.2) is 0 Å². The molecular weight excluding hydrogens is 316 g/mol. The van der Waals surface area contributed by atoms with Crippen LogP contribution in [0, 0.1) is 13.8 Å². The number of hydrogen-bond acceptors (Lipinski definition) is 5. The van der Waals surface area contributed by atoms with E-state index in [1.165, 1.54) is 0 Å². The van der Waals surface area contributed by atoms with Crippen LogP contribution in [0.2, 0.25) is 0 Å². The zero-order valence-electron chi connectivity index (χ0n) is 14.7. The number of aryl methyl sites for hydroxylation is 2. The van der Waals surface area contributed by atoms with Gasteiger partial charge in [-0.05, 0) is 25.5 Å². The summed E-state index contributed by atoms with van der Waals surface area (Å²) < 4.78 is 5.82. The van der Waals surface area contributed by atoms with Crippen LogP contribution < -0.4 is 5.32 Å². The highest BCUT2D eigenvalue weighted by Gasteiger charge is 2.24. The van der Waals surface area contributed by atoms with Crippen molar-refractivity contribution in [3.8, 4) is 0 Å². The fraction of sp³-hybridized carbons (Fsp3) is 0.421. The van der Waals surface area contributed by atoms with Gasteiger partial charge in [-0.2, -0.15) is 0 Å². The molecule has 6 nitrogen and oxygen atoms in total. The Morgan fingerprint density at radius 3 is 2.68 bits per heavy atom. The maximum Gasteiger partial charge on any atom is 0.224 e. The van der Waals surface area contributed by atoms with Gasteiger partial charge in [0, 0.05) is 30.9 Å². The summed E-state index contributed by atoms with van der Waals surface area (Å²) >= 11 is 0. The number of aromatic nitrogens is 2. The van der Waals surface area contributed by atoms with E-state index >= 15 is 0 Å². The van der Waals surface area contributed by atoms with Crippen molar-refractivity contribution in [2.24, 2.45) is 0 Å². The van der Waals surface area contributed by atoms with Crippen LogP contribution in [-0.4, -0.2) is 47.0 Å². The minimum Gasteiger partial charge on any atom is -0.370 e. The molecule has 1 fully saturated rings. The number of hydrogen-bond donors (Lipinski definition) is 1. The minimum absolute atomic E-state index is 0.0467. The highest BCUT2D eigenvalue weighted by molar-refractivity contribution is 5.76. The third-order valence-corrected chi connectivity index (χ3v) is 4.19. The zero-order valence-corrected chi connectivity index (χ0v) is 14.7. The number of ether oxygens (including phenoxy) is 1. The van der Waals surface area contributed by atoms with Crippen LogP contribution in [-0.2, 0) is 9.53 Å². The SMILES string of the molecule is Cc1cc(C)nc(NCCC(=O)N2CCO[C@@H](c3ccccc3)C2)n1. The predicted octanol–water partition coefficient (Wildman–Crippen LogP) is 2.50. The summed E-state index contributed by atoms with van der Waals surface area (Å²) in [6.45, 7) is 6.20. The number of carbonyl (C=O) groups excluding carboxylic acids is 1. The molecular formula is C19H24N4O2. The molecule has 1 atom stereocenters. The Bertz CT molecular complexity index is 700. The van der Waals surface area contributed by atoms with E-state index in [4.69, 9.17) is 4.74 Å². The van der Waals surface area contributed by atoms with Crippen molar-refractivity contribution in [2.75, 3.05) is 31.6 Å². The monoisotopic (exact) mass is 340 g/mol. The van der Waals surface area contributed by atoms with E-state index in [2.05, 4.69) is 15.3 Å². The maximum atomic E-state index is 12.5. The fourth-order valence-electron chi connectivity index (χ4n) is 2.99. The smallest absolute Gasteiger partial charge is 0.224 e. The van der Waals surface area contributed by atoms with Crippen molar-refractivity contribution in [1.82, 2.24) is 14.9 Å². The Balaban J connectivity index is 1.51. The summed E-state index contributed by atoms with van der Waals surface area (Å²) in [7, 11) is 0. The van der Waals surface area contributed by atoms with Crippen molar-refractivity contribution in [3.63, 3.8) is 0 Å². The maximum absolute atomic E-state index is 12.5. The Hall–Kier alpha value is -2.47.